The molecule has 1 aromatic carbocycles. The first-order valence-electron chi connectivity index (χ1n) is 7.49. The Bertz CT molecular complexity index is 934. The van der Waals surface area contributed by atoms with E-state index in [9.17, 15) is 13.2 Å². The maximum atomic E-state index is 12.0. The zero-order chi connectivity index (χ0) is 19.5. The van der Waals surface area contributed by atoms with Gasteiger partial charge in [0.05, 0.1) is 17.6 Å². The molecule has 10 heteroatoms. The Morgan fingerprint density at radius 3 is 2.31 bits per heavy atom. The Morgan fingerprint density at radius 2 is 1.77 bits per heavy atom. The molecular formula is C16H19N3O4S3. The highest BCUT2D eigenvalue weighted by Gasteiger charge is 2.20. The number of nitrogens with one attached hydrogen (secondary N) is 3. The predicted octanol–water partition coefficient (Wildman–Crippen LogP) is 2.87. The molecule has 0 fully saturated rings. The van der Waals surface area contributed by atoms with Crippen LogP contribution in [-0.4, -0.2) is 33.7 Å². The molecule has 26 heavy (non-hydrogen) atoms. The van der Waals surface area contributed by atoms with Gasteiger partial charge in [0.1, 0.15) is 5.00 Å². The van der Waals surface area contributed by atoms with Crippen LogP contribution in [0.15, 0.2) is 29.2 Å². The van der Waals surface area contributed by atoms with Crippen molar-refractivity contribution in [3.05, 3.63) is 40.3 Å². The number of thiophene rings is 1. The lowest BCUT2D eigenvalue weighted by Gasteiger charge is -2.11. The number of sulfonamides is 1. The number of hydrogen-bond acceptors (Lipinski definition) is 6. The minimum Gasteiger partial charge on any atom is -0.465 e. The SMILES string of the molecule is CNS(=O)(=O)c1ccc(NC(=S)Nc2sc(C)c(C)c2C(=O)OC)cc1. The van der Waals surface area contributed by atoms with Crippen molar-refractivity contribution >= 4 is 55.3 Å². The topological polar surface area (TPSA) is 96.5 Å². The lowest BCUT2D eigenvalue weighted by Crippen LogP contribution is -2.21. The van der Waals surface area contributed by atoms with Gasteiger partial charge in [0.25, 0.3) is 0 Å². The quantitative estimate of drug-likeness (QED) is 0.512. The third kappa shape index (κ3) is 4.39. The molecule has 2 aromatic rings. The molecule has 1 heterocycles. The Balaban J connectivity index is 2.15. The molecule has 0 aliphatic carbocycles. The second-order valence-electron chi connectivity index (χ2n) is 5.29. The van der Waals surface area contributed by atoms with Crippen molar-refractivity contribution in [1.29, 1.82) is 0 Å². The summed E-state index contributed by atoms with van der Waals surface area (Å²) in [5.74, 6) is -0.432. The minimum atomic E-state index is -3.49. The second-order valence-corrected chi connectivity index (χ2v) is 8.81. The zero-order valence-electron chi connectivity index (χ0n) is 14.7. The van der Waals surface area contributed by atoms with Gasteiger partial charge in [-0.25, -0.2) is 17.9 Å². The lowest BCUT2D eigenvalue weighted by molar-refractivity contribution is 0.0601. The molecule has 0 aliphatic rings. The third-order valence-electron chi connectivity index (χ3n) is 3.69. The van der Waals surface area contributed by atoms with Crippen molar-refractivity contribution in [2.24, 2.45) is 0 Å². The highest BCUT2D eigenvalue weighted by atomic mass is 32.2. The maximum absolute atomic E-state index is 12.0. The Morgan fingerprint density at radius 1 is 1.15 bits per heavy atom. The van der Waals surface area contributed by atoms with E-state index < -0.39 is 16.0 Å². The largest absolute Gasteiger partial charge is 0.465 e. The molecule has 7 nitrogen and oxygen atoms in total. The van der Waals surface area contributed by atoms with E-state index in [2.05, 4.69) is 15.4 Å². The summed E-state index contributed by atoms with van der Waals surface area (Å²) in [5, 5.41) is 6.83. The molecule has 0 aliphatic heterocycles. The third-order valence-corrected chi connectivity index (χ3v) is 6.45. The fourth-order valence-electron chi connectivity index (χ4n) is 2.16. The summed E-state index contributed by atoms with van der Waals surface area (Å²) in [4.78, 5) is 13.1. The average molecular weight is 414 g/mol. The summed E-state index contributed by atoms with van der Waals surface area (Å²) in [5.41, 5.74) is 1.91. The van der Waals surface area contributed by atoms with Crippen LogP contribution < -0.4 is 15.4 Å². The molecule has 1 aromatic heterocycles. The average Bonchev–Trinajstić information content (AvgIpc) is 2.88. The summed E-state index contributed by atoms with van der Waals surface area (Å²) in [7, 11) is -0.807. The molecule has 0 saturated carbocycles. The van der Waals surface area contributed by atoms with Crippen LogP contribution in [0.4, 0.5) is 10.7 Å². The van der Waals surface area contributed by atoms with E-state index >= 15 is 0 Å². The van der Waals surface area contributed by atoms with Gasteiger partial charge in [0.15, 0.2) is 5.11 Å². The van der Waals surface area contributed by atoms with Crippen molar-refractivity contribution in [2.75, 3.05) is 24.8 Å². The molecule has 3 N–H and O–H groups in total. The number of carbonyl (C=O) groups is 1. The Kier molecular flexibility index (Phi) is 6.34. The van der Waals surface area contributed by atoms with E-state index in [4.69, 9.17) is 17.0 Å². The smallest absolute Gasteiger partial charge is 0.341 e. The molecular weight excluding hydrogens is 394 g/mol. The summed E-state index contributed by atoms with van der Waals surface area (Å²) in [6.07, 6.45) is 0. The lowest BCUT2D eigenvalue weighted by atomic mass is 10.1. The molecule has 0 saturated heterocycles. The maximum Gasteiger partial charge on any atom is 0.341 e. The van der Waals surface area contributed by atoms with Gasteiger partial charge in [-0.1, -0.05) is 0 Å². The van der Waals surface area contributed by atoms with Crippen molar-refractivity contribution in [2.45, 2.75) is 18.7 Å². The van der Waals surface area contributed by atoms with Gasteiger partial charge in [0, 0.05) is 10.6 Å². The van der Waals surface area contributed by atoms with Crippen LogP contribution >= 0.6 is 23.6 Å². The van der Waals surface area contributed by atoms with E-state index in [0.717, 1.165) is 10.4 Å². The monoisotopic (exact) mass is 413 g/mol. The fourth-order valence-corrected chi connectivity index (χ4v) is 4.23. The van der Waals surface area contributed by atoms with Gasteiger partial charge in [-0.2, -0.15) is 0 Å². The molecule has 140 valence electrons. The van der Waals surface area contributed by atoms with E-state index in [1.165, 1.54) is 37.6 Å². The number of ether oxygens (including phenoxy) is 1. The molecule has 0 spiro atoms. The number of anilines is 2. The number of carbonyl (C=O) groups excluding carboxylic acids is 1. The predicted molar refractivity (Wildman–Crippen MR) is 108 cm³/mol. The van der Waals surface area contributed by atoms with Crippen LogP contribution in [0.1, 0.15) is 20.8 Å². The Hall–Kier alpha value is -2.01. The summed E-state index contributed by atoms with van der Waals surface area (Å²) in [6, 6.07) is 6.14. The van der Waals surface area contributed by atoms with Crippen LogP contribution in [0.3, 0.4) is 0 Å². The van der Waals surface area contributed by atoms with Gasteiger partial charge in [-0.05, 0) is 62.9 Å². The number of thiocarbonyl (C=S) groups is 1. The van der Waals surface area contributed by atoms with Crippen LogP contribution in [0.5, 0.6) is 0 Å². The van der Waals surface area contributed by atoms with E-state index in [0.29, 0.717) is 16.3 Å². The molecule has 2 rings (SSSR count). The molecule has 0 bridgehead atoms. The number of methoxy groups -OCH3 is 1. The molecule has 0 atom stereocenters. The number of aryl methyl sites for hydroxylation is 1. The summed E-state index contributed by atoms with van der Waals surface area (Å²) < 4.78 is 30.5. The van der Waals surface area contributed by atoms with Crippen molar-refractivity contribution in [1.82, 2.24) is 4.72 Å². The van der Waals surface area contributed by atoms with Crippen molar-refractivity contribution in [3.8, 4) is 0 Å². The van der Waals surface area contributed by atoms with Crippen LogP contribution in [0.25, 0.3) is 0 Å². The van der Waals surface area contributed by atoms with Crippen LogP contribution in [-0.2, 0) is 14.8 Å². The standard InChI is InChI=1S/C16H19N3O4S3/c1-9-10(2)25-14(13(9)15(20)23-4)19-16(24)18-11-5-7-12(8-6-11)26(21,22)17-3/h5-8,17H,1-4H3,(H2,18,19,24). The number of esters is 1. The first-order valence-corrected chi connectivity index (χ1v) is 10.2. The highest BCUT2D eigenvalue weighted by molar-refractivity contribution is 7.89. The Labute approximate surface area is 161 Å². The summed E-state index contributed by atoms with van der Waals surface area (Å²) >= 11 is 6.69. The number of rotatable bonds is 5. The van der Waals surface area contributed by atoms with Crippen molar-refractivity contribution < 1.29 is 17.9 Å². The number of benzene rings is 1. The first-order chi connectivity index (χ1) is 12.2. The van der Waals surface area contributed by atoms with Gasteiger partial charge in [0.2, 0.25) is 10.0 Å². The highest BCUT2D eigenvalue weighted by Crippen LogP contribution is 2.33. The second kappa shape index (κ2) is 8.12. The van der Waals surface area contributed by atoms with Crippen LogP contribution in [0, 0.1) is 13.8 Å². The van der Waals surface area contributed by atoms with E-state index in [1.54, 1.807) is 12.1 Å². The molecule has 0 unspecified atom stereocenters. The van der Waals surface area contributed by atoms with Gasteiger partial charge in [-0.3, -0.25) is 0 Å². The summed E-state index contributed by atoms with van der Waals surface area (Å²) in [6.45, 7) is 3.76. The fraction of sp³-hybridized carbons (Fsp3) is 0.250. The molecule has 0 radical (unpaired) electrons. The number of hydrogen-bond donors (Lipinski definition) is 3. The van der Waals surface area contributed by atoms with Gasteiger partial charge >= 0.3 is 5.97 Å². The first kappa shape index (κ1) is 20.3. The van der Waals surface area contributed by atoms with E-state index in [1.807, 2.05) is 13.8 Å². The minimum absolute atomic E-state index is 0.155. The van der Waals surface area contributed by atoms with Crippen molar-refractivity contribution in [3.63, 3.8) is 0 Å². The van der Waals surface area contributed by atoms with Crippen LogP contribution in [0.2, 0.25) is 0 Å². The zero-order valence-corrected chi connectivity index (χ0v) is 17.1. The van der Waals surface area contributed by atoms with Gasteiger partial charge in [-0.15, -0.1) is 11.3 Å². The van der Waals surface area contributed by atoms with Gasteiger partial charge < -0.3 is 15.4 Å². The molecule has 0 amide bonds. The van der Waals surface area contributed by atoms with E-state index in [-0.39, 0.29) is 10.0 Å². The normalized spacial score (nSPS) is 11.1.